The molecule has 0 bridgehead atoms. The van der Waals surface area contributed by atoms with Gasteiger partial charge in [0.25, 0.3) is 5.91 Å². The summed E-state index contributed by atoms with van der Waals surface area (Å²) in [7, 11) is 4.91. The van der Waals surface area contributed by atoms with Crippen LogP contribution in [0.15, 0.2) is 65.4 Å². The van der Waals surface area contributed by atoms with Crippen molar-refractivity contribution in [2.24, 2.45) is 5.10 Å². The van der Waals surface area contributed by atoms with Gasteiger partial charge in [-0.15, -0.1) is 0 Å². The van der Waals surface area contributed by atoms with Crippen molar-refractivity contribution in [2.75, 3.05) is 39.3 Å². The number of benzene rings is 2. The van der Waals surface area contributed by atoms with E-state index in [4.69, 9.17) is 20.9 Å². The van der Waals surface area contributed by atoms with Crippen molar-refractivity contribution in [1.82, 2.24) is 19.9 Å². The Morgan fingerprint density at radius 3 is 2.70 bits per heavy atom. The molecule has 0 aliphatic carbocycles. The van der Waals surface area contributed by atoms with E-state index in [9.17, 15) is 9.59 Å². The maximum atomic E-state index is 13.6. The number of carbonyl (C=O) groups excluding carboxylic acids is 2. The van der Waals surface area contributed by atoms with Crippen LogP contribution < -0.4 is 20.9 Å². The molecular formula is C32H35N7O4. The number of nitrogen functional groups attached to an aromatic ring is 2. The van der Waals surface area contributed by atoms with E-state index in [1.165, 1.54) is 11.1 Å². The number of nitrogens with two attached hydrogens (primary N) is 2. The lowest BCUT2D eigenvalue weighted by molar-refractivity contribution is -0.128. The first-order valence-corrected chi connectivity index (χ1v) is 14.0. The zero-order chi connectivity index (χ0) is 30.5. The second-order valence-corrected chi connectivity index (χ2v) is 10.4. The highest BCUT2D eigenvalue weighted by Crippen LogP contribution is 2.36. The first-order valence-electron chi connectivity index (χ1n) is 14.0. The van der Waals surface area contributed by atoms with Crippen molar-refractivity contribution in [1.29, 1.82) is 0 Å². The average Bonchev–Trinajstić information content (AvgIpc) is 3.33. The molecule has 1 saturated heterocycles. The van der Waals surface area contributed by atoms with E-state index in [0.29, 0.717) is 47.7 Å². The number of rotatable bonds is 9. The van der Waals surface area contributed by atoms with Gasteiger partial charge in [-0.1, -0.05) is 30.3 Å². The van der Waals surface area contributed by atoms with Gasteiger partial charge in [-0.25, -0.2) is 9.99 Å². The summed E-state index contributed by atoms with van der Waals surface area (Å²) in [6, 6.07) is 11.4. The fraction of sp³-hybridized carbons (Fsp3) is 0.281. The largest absolute Gasteiger partial charge is 0.493 e. The molecule has 1 fully saturated rings. The third-order valence-electron chi connectivity index (χ3n) is 7.65. The van der Waals surface area contributed by atoms with Crippen LogP contribution in [0.2, 0.25) is 0 Å². The Morgan fingerprint density at radius 1 is 1.16 bits per heavy atom. The third-order valence-corrected chi connectivity index (χ3v) is 7.65. The number of likely N-dealkylation sites (N-methyl/N-ethyl adjacent to an activating group) is 1. The number of hydrogen-bond acceptors (Lipinski definition) is 9. The molecule has 222 valence electrons. The molecule has 11 heteroatoms. The summed E-state index contributed by atoms with van der Waals surface area (Å²) in [6.45, 7) is 0.729. The van der Waals surface area contributed by atoms with Gasteiger partial charge in [0.05, 0.1) is 26.5 Å². The lowest BCUT2D eigenvalue weighted by atomic mass is 9.94. The molecule has 1 aromatic heterocycles. The van der Waals surface area contributed by atoms with Crippen molar-refractivity contribution in [3.63, 3.8) is 0 Å². The molecule has 43 heavy (non-hydrogen) atoms. The smallest absolute Gasteiger partial charge is 0.267 e. The van der Waals surface area contributed by atoms with Crippen LogP contribution in [-0.4, -0.2) is 65.7 Å². The molecule has 2 aliphatic rings. The molecule has 11 nitrogen and oxygen atoms in total. The zero-order valence-corrected chi connectivity index (χ0v) is 24.5. The maximum absolute atomic E-state index is 13.6. The Labute approximate surface area is 250 Å². The highest BCUT2D eigenvalue weighted by molar-refractivity contribution is 5.96. The summed E-state index contributed by atoms with van der Waals surface area (Å²) in [5, 5.41) is 6.03. The highest BCUT2D eigenvalue weighted by atomic mass is 16.5. The molecule has 2 amide bonds. The van der Waals surface area contributed by atoms with E-state index < -0.39 is 0 Å². The van der Waals surface area contributed by atoms with Crippen LogP contribution in [0, 0.1) is 0 Å². The first-order chi connectivity index (χ1) is 20.8. The van der Waals surface area contributed by atoms with Gasteiger partial charge in [0, 0.05) is 49.0 Å². The van der Waals surface area contributed by atoms with Crippen LogP contribution in [0.1, 0.15) is 53.1 Å². The van der Waals surface area contributed by atoms with E-state index >= 15 is 0 Å². The fourth-order valence-electron chi connectivity index (χ4n) is 5.41. The number of hydrogen-bond donors (Lipinski definition) is 2. The van der Waals surface area contributed by atoms with E-state index in [1.54, 1.807) is 37.6 Å². The SMILES string of the molecule is COc1cc(Cc2cnc(N)nc2N)cc(/C=C/C(=O)N2N=Cc3ccccc3C2CC/C=C2/CCN(C)C2=O)c1OC. The monoisotopic (exact) mass is 581 g/mol. The van der Waals surface area contributed by atoms with Gasteiger partial charge in [-0.05, 0) is 54.2 Å². The van der Waals surface area contributed by atoms with Crippen LogP contribution in [-0.2, 0) is 16.0 Å². The fourth-order valence-corrected chi connectivity index (χ4v) is 5.41. The van der Waals surface area contributed by atoms with Crippen LogP contribution in [0.4, 0.5) is 11.8 Å². The Balaban J connectivity index is 1.40. The lowest BCUT2D eigenvalue weighted by Gasteiger charge is -2.31. The molecule has 0 saturated carbocycles. The van der Waals surface area contributed by atoms with Gasteiger partial charge in [0.15, 0.2) is 11.5 Å². The lowest BCUT2D eigenvalue weighted by Crippen LogP contribution is -2.32. The van der Waals surface area contributed by atoms with Crippen LogP contribution in [0.5, 0.6) is 11.5 Å². The molecule has 5 rings (SSSR count). The Morgan fingerprint density at radius 2 is 1.98 bits per heavy atom. The number of allylic oxidation sites excluding steroid dienone is 1. The van der Waals surface area contributed by atoms with Gasteiger partial charge in [0.1, 0.15) is 5.82 Å². The summed E-state index contributed by atoms with van der Waals surface area (Å²) in [5.74, 6) is 1.17. The zero-order valence-electron chi connectivity index (χ0n) is 24.5. The highest BCUT2D eigenvalue weighted by Gasteiger charge is 2.29. The first kappa shape index (κ1) is 29.3. The standard InChI is InChI=1S/C32H35N7O4/c1-38-14-13-21(31(38)41)8-6-10-26-25-9-5-4-7-23(25)19-36-39(26)28(40)12-11-22-15-20(17-27(42-2)29(22)43-3)16-24-18-35-32(34)37-30(24)33/h4-5,7-9,11-12,15,17-19,26H,6,10,13-14,16H2,1-3H3,(H4,33,34,35,37)/b12-11+,21-8-. The number of amides is 2. The van der Waals surface area contributed by atoms with E-state index in [2.05, 4.69) is 15.1 Å². The van der Waals surface area contributed by atoms with Gasteiger partial charge in [0.2, 0.25) is 11.9 Å². The molecule has 1 atom stereocenters. The van der Waals surface area contributed by atoms with E-state index in [0.717, 1.165) is 35.2 Å². The topological polar surface area (TPSA) is 149 Å². The van der Waals surface area contributed by atoms with Crippen molar-refractivity contribution in [3.8, 4) is 11.5 Å². The number of likely N-dealkylation sites (tertiary alicyclic amines) is 1. The number of fused-ring (bicyclic) bond motifs is 1. The number of methoxy groups -OCH3 is 2. The molecule has 2 aliphatic heterocycles. The second kappa shape index (κ2) is 12.8. The van der Waals surface area contributed by atoms with Gasteiger partial charge in [-0.2, -0.15) is 10.1 Å². The third kappa shape index (κ3) is 6.35. The summed E-state index contributed by atoms with van der Waals surface area (Å²) in [6.07, 6.45) is 10.9. The van der Waals surface area contributed by atoms with Gasteiger partial charge >= 0.3 is 0 Å². The number of anilines is 2. The minimum atomic E-state index is -0.291. The predicted octanol–water partition coefficient (Wildman–Crippen LogP) is 3.75. The summed E-state index contributed by atoms with van der Waals surface area (Å²) < 4.78 is 11.2. The van der Waals surface area contributed by atoms with Crippen LogP contribution >= 0.6 is 0 Å². The van der Waals surface area contributed by atoms with E-state index in [-0.39, 0.29) is 23.8 Å². The maximum Gasteiger partial charge on any atom is 0.267 e. The van der Waals surface area contributed by atoms with Crippen molar-refractivity contribution in [3.05, 3.63) is 88.1 Å². The Hall–Kier alpha value is -5.19. The molecule has 3 aromatic rings. The molecule has 3 heterocycles. The Bertz CT molecular complexity index is 1630. The molecule has 0 spiro atoms. The van der Waals surface area contributed by atoms with Gasteiger partial charge < -0.3 is 25.8 Å². The normalized spacial score (nSPS) is 17.1. The number of aromatic nitrogens is 2. The van der Waals surface area contributed by atoms with Crippen LogP contribution in [0.25, 0.3) is 6.08 Å². The number of hydrazone groups is 1. The molecular weight excluding hydrogens is 546 g/mol. The van der Waals surface area contributed by atoms with Crippen molar-refractivity contribution >= 4 is 35.9 Å². The summed E-state index contributed by atoms with van der Waals surface area (Å²) in [4.78, 5) is 35.8. The Kier molecular flexibility index (Phi) is 8.70. The number of nitrogens with zero attached hydrogens (tertiary/aromatic N) is 5. The minimum absolute atomic E-state index is 0.0659. The average molecular weight is 582 g/mol. The molecule has 0 radical (unpaired) electrons. The van der Waals surface area contributed by atoms with E-state index in [1.807, 2.05) is 49.5 Å². The molecule has 4 N–H and O–H groups in total. The number of ether oxygens (including phenoxy) is 2. The molecule has 1 unspecified atom stereocenters. The van der Waals surface area contributed by atoms with Crippen LogP contribution in [0.3, 0.4) is 0 Å². The van der Waals surface area contributed by atoms with Crippen molar-refractivity contribution < 1.29 is 19.1 Å². The quantitative estimate of drug-likeness (QED) is 0.363. The summed E-state index contributed by atoms with van der Waals surface area (Å²) in [5.41, 5.74) is 16.7. The second-order valence-electron chi connectivity index (χ2n) is 10.4. The minimum Gasteiger partial charge on any atom is -0.493 e. The van der Waals surface area contributed by atoms with Gasteiger partial charge in [-0.3, -0.25) is 9.59 Å². The predicted molar refractivity (Wildman–Crippen MR) is 165 cm³/mol. The van der Waals surface area contributed by atoms with Crippen molar-refractivity contribution in [2.45, 2.75) is 31.7 Å². The molecule has 2 aromatic carbocycles. The summed E-state index contributed by atoms with van der Waals surface area (Å²) >= 11 is 0. The number of carbonyl (C=O) groups is 2.